The third-order valence-electron chi connectivity index (χ3n) is 5.69. The van der Waals surface area contributed by atoms with Gasteiger partial charge in [-0.1, -0.05) is 0 Å². The summed E-state index contributed by atoms with van der Waals surface area (Å²) in [4.78, 5) is 25.4. The molecule has 0 radical (unpaired) electrons. The highest BCUT2D eigenvalue weighted by molar-refractivity contribution is 6.15. The first kappa shape index (κ1) is 20.7. The molecule has 0 N–H and O–H groups in total. The Bertz CT molecular complexity index is 1290. The van der Waals surface area contributed by atoms with Gasteiger partial charge in [-0.05, 0) is 36.4 Å². The Morgan fingerprint density at radius 2 is 1.70 bits per heavy atom. The van der Waals surface area contributed by atoms with Gasteiger partial charge < -0.3 is 28.1 Å². The summed E-state index contributed by atoms with van der Waals surface area (Å²) in [7, 11) is 4.58. The van der Waals surface area contributed by atoms with Crippen molar-refractivity contribution in [2.45, 2.75) is 12.3 Å². The predicted molar refractivity (Wildman–Crippen MR) is 116 cm³/mol. The molecule has 0 unspecified atom stereocenters. The van der Waals surface area contributed by atoms with Crippen molar-refractivity contribution in [3.8, 4) is 28.7 Å². The molecule has 2 aromatic carbocycles. The van der Waals surface area contributed by atoms with E-state index >= 15 is 0 Å². The molecule has 0 spiro atoms. The molecule has 3 heterocycles. The number of ketones is 1. The lowest BCUT2D eigenvalue weighted by molar-refractivity contribution is -0.135. The van der Waals surface area contributed by atoms with Crippen LogP contribution in [0.3, 0.4) is 0 Å². The zero-order valence-electron chi connectivity index (χ0n) is 18.2. The number of methoxy groups -OCH3 is 3. The number of allylic oxidation sites excluding steroid dienone is 1. The van der Waals surface area contributed by atoms with Gasteiger partial charge >= 0.3 is 5.97 Å². The SMILES string of the molecule is COc1cc(OC)c(OC)cc1/C=C1\Oc2c(ccc3c2[C@H](c2ccco2)CC(=O)O3)C1=O. The third kappa shape index (κ3) is 3.40. The Morgan fingerprint density at radius 3 is 2.39 bits per heavy atom. The summed E-state index contributed by atoms with van der Waals surface area (Å²) < 4.78 is 33.2. The Kier molecular flexibility index (Phi) is 5.05. The Hall–Kier alpha value is -4.20. The largest absolute Gasteiger partial charge is 0.496 e. The minimum atomic E-state index is -0.422. The molecule has 0 saturated carbocycles. The fraction of sp³-hybridized carbons (Fsp3) is 0.200. The summed E-state index contributed by atoms with van der Waals surface area (Å²) in [5.74, 6) is 1.78. The zero-order valence-corrected chi connectivity index (χ0v) is 18.2. The number of hydrogen-bond acceptors (Lipinski definition) is 8. The second kappa shape index (κ2) is 8.05. The molecule has 1 atom stereocenters. The lowest BCUT2D eigenvalue weighted by Crippen LogP contribution is -2.21. The van der Waals surface area contributed by atoms with E-state index in [4.69, 9.17) is 28.1 Å². The van der Waals surface area contributed by atoms with E-state index in [9.17, 15) is 9.59 Å². The van der Waals surface area contributed by atoms with Gasteiger partial charge in [0.1, 0.15) is 23.0 Å². The van der Waals surface area contributed by atoms with Crippen molar-refractivity contribution in [3.63, 3.8) is 0 Å². The number of carbonyl (C=O) groups excluding carboxylic acids is 2. The molecular weight excluding hydrogens is 428 g/mol. The van der Waals surface area contributed by atoms with Crippen molar-refractivity contribution in [2.24, 2.45) is 0 Å². The van der Waals surface area contributed by atoms with Crippen LogP contribution in [0.4, 0.5) is 0 Å². The molecule has 0 saturated heterocycles. The van der Waals surface area contributed by atoms with Crippen LogP contribution < -0.4 is 23.7 Å². The maximum absolute atomic E-state index is 13.2. The first-order valence-electron chi connectivity index (χ1n) is 10.2. The molecule has 3 aromatic rings. The molecule has 0 bridgehead atoms. The van der Waals surface area contributed by atoms with Crippen LogP contribution in [0, 0.1) is 0 Å². The fourth-order valence-corrected chi connectivity index (χ4v) is 4.15. The maximum Gasteiger partial charge on any atom is 0.312 e. The Morgan fingerprint density at radius 1 is 0.939 bits per heavy atom. The first-order valence-corrected chi connectivity index (χ1v) is 10.2. The van der Waals surface area contributed by atoms with E-state index in [1.807, 2.05) is 0 Å². The smallest absolute Gasteiger partial charge is 0.312 e. The van der Waals surface area contributed by atoms with Crippen LogP contribution in [0.1, 0.15) is 39.6 Å². The second-order valence-electron chi connectivity index (χ2n) is 7.49. The molecule has 2 aliphatic heterocycles. The lowest BCUT2D eigenvalue weighted by Gasteiger charge is -2.24. The average Bonchev–Trinajstić information content (AvgIpc) is 3.47. The Labute approximate surface area is 189 Å². The highest BCUT2D eigenvalue weighted by atomic mass is 16.5. The number of furan rings is 1. The van der Waals surface area contributed by atoms with Crippen LogP contribution in [-0.4, -0.2) is 33.1 Å². The third-order valence-corrected chi connectivity index (χ3v) is 5.69. The van der Waals surface area contributed by atoms with Gasteiger partial charge in [-0.3, -0.25) is 9.59 Å². The van der Waals surface area contributed by atoms with E-state index < -0.39 is 5.92 Å². The van der Waals surface area contributed by atoms with Crippen molar-refractivity contribution in [2.75, 3.05) is 21.3 Å². The summed E-state index contributed by atoms with van der Waals surface area (Å²) >= 11 is 0. The van der Waals surface area contributed by atoms with Gasteiger partial charge in [0, 0.05) is 17.2 Å². The van der Waals surface area contributed by atoms with E-state index in [2.05, 4.69) is 0 Å². The molecule has 0 fully saturated rings. The van der Waals surface area contributed by atoms with Gasteiger partial charge in [-0.25, -0.2) is 0 Å². The summed E-state index contributed by atoms with van der Waals surface area (Å²) in [5, 5.41) is 0. The van der Waals surface area contributed by atoms with E-state index in [0.717, 1.165) is 0 Å². The van der Waals surface area contributed by atoms with Gasteiger partial charge in [-0.2, -0.15) is 0 Å². The molecule has 5 rings (SSSR count). The van der Waals surface area contributed by atoms with E-state index in [1.165, 1.54) is 21.3 Å². The Balaban J connectivity index is 1.60. The molecule has 168 valence electrons. The van der Waals surface area contributed by atoms with Gasteiger partial charge in [0.05, 0.1) is 45.5 Å². The lowest BCUT2D eigenvalue weighted by atomic mass is 9.88. The van der Waals surface area contributed by atoms with Gasteiger partial charge in [0.2, 0.25) is 5.78 Å². The number of Topliss-reactive ketones (excluding diaryl/α,β-unsaturated/α-hetero) is 1. The van der Waals surface area contributed by atoms with Crippen molar-refractivity contribution in [1.82, 2.24) is 0 Å². The number of benzene rings is 2. The zero-order chi connectivity index (χ0) is 23.1. The number of hydrogen-bond donors (Lipinski definition) is 0. The number of rotatable bonds is 5. The van der Waals surface area contributed by atoms with Crippen LogP contribution >= 0.6 is 0 Å². The first-order chi connectivity index (χ1) is 16.0. The number of fused-ring (bicyclic) bond motifs is 3. The molecule has 8 heteroatoms. The molecule has 0 aliphatic carbocycles. The van der Waals surface area contributed by atoms with Crippen LogP contribution in [-0.2, 0) is 4.79 Å². The van der Waals surface area contributed by atoms with Crippen LogP contribution in [0.25, 0.3) is 6.08 Å². The molecule has 2 aliphatic rings. The molecule has 33 heavy (non-hydrogen) atoms. The summed E-state index contributed by atoms with van der Waals surface area (Å²) in [6.07, 6.45) is 3.21. The molecule has 8 nitrogen and oxygen atoms in total. The summed E-state index contributed by atoms with van der Waals surface area (Å²) in [5.41, 5.74) is 1.57. The molecule has 1 aromatic heterocycles. The standard InChI is InChI=1S/C25H20O8/c1-28-18-12-20(30-3)19(29-2)9-13(18)10-21-24(27)14-6-7-17-23(25(14)33-21)15(11-22(26)32-17)16-5-4-8-31-16/h4-10,12,15H,11H2,1-3H3/b21-10-/t15-/m0/s1. The number of ether oxygens (including phenoxy) is 5. The van der Waals surface area contributed by atoms with Gasteiger partial charge in [0.25, 0.3) is 0 Å². The van der Waals surface area contributed by atoms with Crippen LogP contribution in [0.2, 0.25) is 0 Å². The minimum absolute atomic E-state index is 0.0804. The summed E-state index contributed by atoms with van der Waals surface area (Å²) in [6, 6.07) is 10.1. The van der Waals surface area contributed by atoms with Crippen molar-refractivity contribution >= 4 is 17.8 Å². The van der Waals surface area contributed by atoms with E-state index in [0.29, 0.717) is 51.2 Å². The topological polar surface area (TPSA) is 93.4 Å². The van der Waals surface area contributed by atoms with Crippen LogP contribution in [0.15, 0.2) is 52.8 Å². The monoisotopic (exact) mass is 448 g/mol. The van der Waals surface area contributed by atoms with Crippen molar-refractivity contribution in [1.29, 1.82) is 0 Å². The predicted octanol–water partition coefficient (Wildman–Crippen LogP) is 4.36. The number of carbonyl (C=O) groups is 2. The van der Waals surface area contributed by atoms with E-state index in [1.54, 1.807) is 48.7 Å². The maximum atomic E-state index is 13.2. The second-order valence-corrected chi connectivity index (χ2v) is 7.49. The molecular formula is C25H20O8. The fourth-order valence-electron chi connectivity index (χ4n) is 4.15. The van der Waals surface area contributed by atoms with Crippen LogP contribution in [0.5, 0.6) is 28.7 Å². The highest BCUT2D eigenvalue weighted by Crippen LogP contribution is 2.49. The van der Waals surface area contributed by atoms with Gasteiger partial charge in [-0.15, -0.1) is 0 Å². The number of esters is 1. The summed E-state index contributed by atoms with van der Waals surface area (Å²) in [6.45, 7) is 0. The quantitative estimate of drug-likeness (QED) is 0.323. The van der Waals surface area contributed by atoms with E-state index in [-0.39, 0.29) is 23.9 Å². The average molecular weight is 448 g/mol. The highest BCUT2D eigenvalue weighted by Gasteiger charge is 2.39. The normalized spacial score (nSPS) is 17.8. The van der Waals surface area contributed by atoms with Crippen molar-refractivity contribution < 1.29 is 37.7 Å². The van der Waals surface area contributed by atoms with Gasteiger partial charge in [0.15, 0.2) is 17.3 Å². The minimum Gasteiger partial charge on any atom is -0.496 e. The van der Waals surface area contributed by atoms with Crippen molar-refractivity contribution in [3.05, 3.63) is 70.9 Å². The molecule has 0 amide bonds.